The first kappa shape index (κ1) is 15.3. The highest BCUT2D eigenvalue weighted by atomic mass is 127. The third-order valence-corrected chi connectivity index (χ3v) is 4.46. The Balaban J connectivity index is 1.74. The van der Waals surface area contributed by atoms with Crippen LogP contribution in [0, 0.1) is 3.57 Å². The predicted molar refractivity (Wildman–Crippen MR) is 96.3 cm³/mol. The third kappa shape index (κ3) is 3.59. The Kier molecular flexibility index (Phi) is 4.63. The number of nitrogens with one attached hydrogen (secondary N) is 2. The van der Waals surface area contributed by atoms with Crippen LogP contribution in [0.4, 0.5) is 16.2 Å². The number of anilines is 2. The van der Waals surface area contributed by atoms with E-state index in [9.17, 15) is 9.90 Å². The van der Waals surface area contributed by atoms with Crippen LogP contribution >= 0.6 is 22.6 Å². The fraction of sp³-hybridized carbons (Fsp3) is 0.235. The van der Waals surface area contributed by atoms with Gasteiger partial charge in [-0.1, -0.05) is 18.2 Å². The monoisotopic (exact) mass is 408 g/mol. The number of carbonyl (C=O) groups excluding carboxylic acids is 1. The SMILES string of the molecule is O=C(Nc1cccc(I)c1)Nc1cccc2c1CC(O)CC2. The minimum absolute atomic E-state index is 0.268. The molecule has 0 saturated heterocycles. The number of hydrogen-bond donors (Lipinski definition) is 3. The second-order valence-electron chi connectivity index (χ2n) is 5.43. The summed E-state index contributed by atoms with van der Waals surface area (Å²) in [5.41, 5.74) is 3.78. The largest absolute Gasteiger partial charge is 0.393 e. The Hall–Kier alpha value is -1.60. The summed E-state index contributed by atoms with van der Waals surface area (Å²) in [6.45, 7) is 0. The van der Waals surface area contributed by atoms with Gasteiger partial charge in [0.1, 0.15) is 0 Å². The summed E-state index contributed by atoms with van der Waals surface area (Å²) < 4.78 is 1.07. The van der Waals surface area contributed by atoms with Gasteiger partial charge >= 0.3 is 6.03 Å². The van der Waals surface area contributed by atoms with Crippen molar-refractivity contribution in [1.29, 1.82) is 0 Å². The minimum atomic E-state index is -0.325. The van der Waals surface area contributed by atoms with Crippen molar-refractivity contribution in [1.82, 2.24) is 0 Å². The average molecular weight is 408 g/mol. The highest BCUT2D eigenvalue weighted by molar-refractivity contribution is 14.1. The van der Waals surface area contributed by atoms with Crippen LogP contribution in [-0.2, 0) is 12.8 Å². The molecule has 2 aromatic carbocycles. The van der Waals surface area contributed by atoms with Crippen molar-refractivity contribution in [2.24, 2.45) is 0 Å². The molecular formula is C17H17IN2O2. The van der Waals surface area contributed by atoms with Gasteiger partial charge in [0.15, 0.2) is 0 Å². The predicted octanol–water partition coefficient (Wildman–Crippen LogP) is 3.78. The van der Waals surface area contributed by atoms with E-state index < -0.39 is 0 Å². The molecule has 1 aliphatic carbocycles. The standard InChI is InChI=1S/C17H17IN2O2/c18-12-4-2-5-13(9-12)19-17(22)20-16-6-1-3-11-7-8-14(21)10-15(11)16/h1-6,9,14,21H,7-8,10H2,(H2,19,20,22). The molecule has 114 valence electrons. The van der Waals surface area contributed by atoms with Gasteiger partial charge in [0.25, 0.3) is 0 Å². The van der Waals surface area contributed by atoms with Crippen LogP contribution in [0.25, 0.3) is 0 Å². The zero-order valence-electron chi connectivity index (χ0n) is 12.0. The van der Waals surface area contributed by atoms with Crippen LogP contribution in [0.15, 0.2) is 42.5 Å². The van der Waals surface area contributed by atoms with Gasteiger partial charge in [-0.15, -0.1) is 0 Å². The molecule has 0 aromatic heterocycles. The Bertz CT molecular complexity index is 703. The number of rotatable bonds is 2. The lowest BCUT2D eigenvalue weighted by molar-refractivity contribution is 0.159. The quantitative estimate of drug-likeness (QED) is 0.663. The van der Waals surface area contributed by atoms with E-state index in [1.54, 1.807) is 0 Å². The average Bonchev–Trinajstić information content (AvgIpc) is 2.48. The molecule has 22 heavy (non-hydrogen) atoms. The molecule has 1 unspecified atom stereocenters. The molecule has 2 amide bonds. The maximum Gasteiger partial charge on any atom is 0.323 e. The lowest BCUT2D eigenvalue weighted by Gasteiger charge is -2.23. The van der Waals surface area contributed by atoms with Gasteiger partial charge in [-0.3, -0.25) is 0 Å². The summed E-state index contributed by atoms with van der Waals surface area (Å²) in [4.78, 5) is 12.2. The summed E-state index contributed by atoms with van der Waals surface area (Å²) in [7, 11) is 0. The molecule has 0 fully saturated rings. The number of aliphatic hydroxyl groups excluding tert-OH is 1. The van der Waals surface area contributed by atoms with Crippen LogP contribution in [0.3, 0.4) is 0 Å². The van der Waals surface area contributed by atoms with Crippen molar-refractivity contribution in [2.75, 3.05) is 10.6 Å². The van der Waals surface area contributed by atoms with Gasteiger partial charge < -0.3 is 15.7 Å². The van der Waals surface area contributed by atoms with Gasteiger partial charge in [-0.2, -0.15) is 0 Å². The van der Waals surface area contributed by atoms with Crippen molar-refractivity contribution in [3.8, 4) is 0 Å². The molecule has 0 radical (unpaired) electrons. The topological polar surface area (TPSA) is 61.4 Å². The van der Waals surface area contributed by atoms with E-state index >= 15 is 0 Å². The fourth-order valence-electron chi connectivity index (χ4n) is 2.74. The highest BCUT2D eigenvalue weighted by Gasteiger charge is 2.19. The number of aryl methyl sites for hydroxylation is 1. The second kappa shape index (κ2) is 6.66. The van der Waals surface area contributed by atoms with Crippen molar-refractivity contribution in [3.63, 3.8) is 0 Å². The molecule has 1 atom stereocenters. The number of aliphatic hydroxyl groups is 1. The maximum absolute atomic E-state index is 12.2. The zero-order chi connectivity index (χ0) is 15.5. The Morgan fingerprint density at radius 2 is 2.00 bits per heavy atom. The summed E-state index contributed by atoms with van der Waals surface area (Å²) >= 11 is 2.21. The van der Waals surface area contributed by atoms with Crippen LogP contribution in [0.1, 0.15) is 17.5 Å². The van der Waals surface area contributed by atoms with E-state index in [1.807, 2.05) is 36.4 Å². The van der Waals surface area contributed by atoms with Crippen molar-refractivity contribution in [2.45, 2.75) is 25.4 Å². The summed E-state index contributed by atoms with van der Waals surface area (Å²) in [5, 5.41) is 15.6. The van der Waals surface area contributed by atoms with Gasteiger partial charge in [0, 0.05) is 21.4 Å². The Morgan fingerprint density at radius 1 is 1.18 bits per heavy atom. The molecule has 0 heterocycles. The number of hydrogen-bond acceptors (Lipinski definition) is 2. The van der Waals surface area contributed by atoms with Crippen molar-refractivity contribution >= 4 is 40.0 Å². The molecular weight excluding hydrogens is 391 g/mol. The smallest absolute Gasteiger partial charge is 0.323 e. The molecule has 5 heteroatoms. The van der Waals surface area contributed by atoms with Crippen LogP contribution in [-0.4, -0.2) is 17.2 Å². The van der Waals surface area contributed by atoms with E-state index in [-0.39, 0.29) is 12.1 Å². The van der Waals surface area contributed by atoms with E-state index in [1.165, 1.54) is 5.56 Å². The van der Waals surface area contributed by atoms with Crippen LogP contribution in [0.2, 0.25) is 0 Å². The summed E-state index contributed by atoms with van der Waals surface area (Å²) in [6, 6.07) is 13.2. The molecule has 1 aliphatic rings. The van der Waals surface area contributed by atoms with Gasteiger partial charge in [0.05, 0.1) is 6.10 Å². The van der Waals surface area contributed by atoms with E-state index in [2.05, 4.69) is 39.3 Å². The lowest BCUT2D eigenvalue weighted by atomic mass is 9.88. The first-order valence-corrected chi connectivity index (χ1v) is 8.32. The first-order valence-electron chi connectivity index (χ1n) is 7.24. The number of amides is 2. The Labute approximate surface area is 143 Å². The molecule has 0 bridgehead atoms. The minimum Gasteiger partial charge on any atom is -0.393 e. The molecule has 4 nitrogen and oxygen atoms in total. The number of urea groups is 1. The molecule has 3 N–H and O–H groups in total. The second-order valence-corrected chi connectivity index (χ2v) is 6.67. The highest BCUT2D eigenvalue weighted by Crippen LogP contribution is 2.28. The van der Waals surface area contributed by atoms with Gasteiger partial charge in [0.2, 0.25) is 0 Å². The Morgan fingerprint density at radius 3 is 2.82 bits per heavy atom. The van der Waals surface area contributed by atoms with Crippen molar-refractivity contribution < 1.29 is 9.90 Å². The number of halogens is 1. The third-order valence-electron chi connectivity index (χ3n) is 3.79. The van der Waals surface area contributed by atoms with Crippen molar-refractivity contribution in [3.05, 3.63) is 57.2 Å². The molecule has 0 saturated carbocycles. The van der Waals surface area contributed by atoms with Gasteiger partial charge in [-0.25, -0.2) is 4.79 Å². The first-order chi connectivity index (χ1) is 10.6. The fourth-order valence-corrected chi connectivity index (χ4v) is 3.28. The van der Waals surface area contributed by atoms with Crippen LogP contribution in [0.5, 0.6) is 0 Å². The maximum atomic E-state index is 12.2. The normalized spacial score (nSPS) is 16.7. The van der Waals surface area contributed by atoms with E-state index in [4.69, 9.17) is 0 Å². The molecule has 0 aliphatic heterocycles. The zero-order valence-corrected chi connectivity index (χ0v) is 14.1. The van der Waals surface area contributed by atoms with Crippen LogP contribution < -0.4 is 10.6 Å². The number of carbonyl (C=O) groups is 1. The summed E-state index contributed by atoms with van der Waals surface area (Å²) in [5.74, 6) is 0. The van der Waals surface area contributed by atoms with Gasteiger partial charge in [-0.05, 0) is 70.8 Å². The van der Waals surface area contributed by atoms with E-state index in [0.29, 0.717) is 6.42 Å². The van der Waals surface area contributed by atoms with E-state index in [0.717, 1.165) is 33.4 Å². The molecule has 2 aromatic rings. The summed E-state index contributed by atoms with van der Waals surface area (Å²) in [6.07, 6.45) is 1.90. The molecule has 0 spiro atoms. The number of benzene rings is 2. The lowest BCUT2D eigenvalue weighted by Crippen LogP contribution is -2.24. The number of fused-ring (bicyclic) bond motifs is 1. The molecule has 3 rings (SSSR count).